The summed E-state index contributed by atoms with van der Waals surface area (Å²) >= 11 is 0. The predicted octanol–water partition coefficient (Wildman–Crippen LogP) is 1.43. The lowest BCUT2D eigenvalue weighted by molar-refractivity contribution is 0.0928. The molecule has 0 fully saturated rings. The fourth-order valence-electron chi connectivity index (χ4n) is 3.42. The van der Waals surface area contributed by atoms with Gasteiger partial charge in [0.05, 0.1) is 5.56 Å². The van der Waals surface area contributed by atoms with Crippen LogP contribution in [0, 0.1) is 0 Å². The van der Waals surface area contributed by atoms with Crippen LogP contribution in [0.3, 0.4) is 0 Å². The van der Waals surface area contributed by atoms with Crippen molar-refractivity contribution in [2.75, 3.05) is 0 Å². The Morgan fingerprint density at radius 3 is 3.04 bits per heavy atom. The van der Waals surface area contributed by atoms with Crippen LogP contribution >= 0.6 is 0 Å². The molecule has 0 saturated carbocycles. The van der Waals surface area contributed by atoms with Gasteiger partial charge in [-0.1, -0.05) is 25.1 Å². The zero-order chi connectivity index (χ0) is 17.4. The van der Waals surface area contributed by atoms with Gasteiger partial charge in [0.25, 0.3) is 5.91 Å². The van der Waals surface area contributed by atoms with Gasteiger partial charge in [-0.2, -0.15) is 0 Å². The molecule has 128 valence electrons. The molecular formula is C18H19N5O2. The molecule has 7 heteroatoms. The van der Waals surface area contributed by atoms with Crippen LogP contribution in [0.4, 0.5) is 0 Å². The first-order valence-corrected chi connectivity index (χ1v) is 8.49. The van der Waals surface area contributed by atoms with Crippen molar-refractivity contribution in [3.05, 3.63) is 57.9 Å². The number of rotatable bonds is 3. The number of hydrogen-bond donors (Lipinski definition) is 2. The third-order valence-corrected chi connectivity index (χ3v) is 4.67. The van der Waals surface area contributed by atoms with Gasteiger partial charge in [0.1, 0.15) is 11.6 Å². The maximum Gasteiger partial charge on any atom is 0.252 e. The molecule has 3 aromatic rings. The molecule has 2 aromatic heterocycles. The Bertz CT molecular complexity index is 991. The van der Waals surface area contributed by atoms with Gasteiger partial charge in [-0.25, -0.2) is 0 Å². The largest absolute Gasteiger partial charge is 0.347 e. The van der Waals surface area contributed by atoms with Crippen LogP contribution < -0.4 is 10.9 Å². The number of carbonyl (C=O) groups is 1. The van der Waals surface area contributed by atoms with Crippen LogP contribution in [0.25, 0.3) is 10.9 Å². The number of aryl methyl sites for hydroxylation is 2. The second kappa shape index (κ2) is 6.16. The second-order valence-corrected chi connectivity index (χ2v) is 6.30. The Hall–Kier alpha value is -2.96. The number of amides is 1. The second-order valence-electron chi connectivity index (χ2n) is 6.30. The molecular weight excluding hydrogens is 318 g/mol. The molecule has 1 aliphatic rings. The predicted molar refractivity (Wildman–Crippen MR) is 93.5 cm³/mol. The first kappa shape index (κ1) is 15.6. The number of carbonyl (C=O) groups excluding carboxylic acids is 1. The zero-order valence-electron chi connectivity index (χ0n) is 14.0. The van der Waals surface area contributed by atoms with E-state index in [-0.39, 0.29) is 17.5 Å². The van der Waals surface area contributed by atoms with E-state index in [1.165, 1.54) is 6.07 Å². The van der Waals surface area contributed by atoms with Gasteiger partial charge >= 0.3 is 0 Å². The number of pyridine rings is 1. The van der Waals surface area contributed by atoms with Gasteiger partial charge in [0.15, 0.2) is 0 Å². The highest BCUT2D eigenvalue weighted by molar-refractivity contribution is 6.06. The molecule has 7 nitrogen and oxygen atoms in total. The molecule has 0 radical (unpaired) electrons. The van der Waals surface area contributed by atoms with E-state index in [9.17, 15) is 9.59 Å². The van der Waals surface area contributed by atoms with Crippen molar-refractivity contribution in [2.45, 2.75) is 38.8 Å². The first-order chi connectivity index (χ1) is 12.2. The van der Waals surface area contributed by atoms with E-state index in [4.69, 9.17) is 0 Å². The molecule has 0 unspecified atom stereocenters. The summed E-state index contributed by atoms with van der Waals surface area (Å²) in [6.45, 7) is 2.71. The molecule has 1 aliphatic heterocycles. The lowest BCUT2D eigenvalue weighted by atomic mass is 10.0. The summed E-state index contributed by atoms with van der Waals surface area (Å²) in [5, 5.41) is 12.2. The first-order valence-electron chi connectivity index (χ1n) is 8.49. The van der Waals surface area contributed by atoms with Gasteiger partial charge < -0.3 is 14.9 Å². The number of aromatic amines is 1. The molecule has 0 saturated heterocycles. The third kappa shape index (κ3) is 2.82. The van der Waals surface area contributed by atoms with E-state index in [0.717, 1.165) is 36.3 Å². The standard InChI is InChI=1S/C18H19N5O2/c1-2-15-21-22-16-8-7-11(10-23(15)16)19-18(25)13-9-17(24)20-14-6-4-3-5-12(13)14/h3-6,9,11H,2,7-8,10H2,1H3,(H,19,25)(H,20,24)/t11-/m0/s1. The highest BCUT2D eigenvalue weighted by atomic mass is 16.2. The SMILES string of the molecule is CCc1nnc2n1C[C@@H](NC(=O)c1cc(=O)[nH]c3ccccc13)CC2. The van der Waals surface area contributed by atoms with E-state index in [1.807, 2.05) is 25.1 Å². The number of fused-ring (bicyclic) bond motifs is 2. The van der Waals surface area contributed by atoms with Crippen molar-refractivity contribution in [1.29, 1.82) is 0 Å². The molecule has 25 heavy (non-hydrogen) atoms. The maximum atomic E-state index is 12.8. The molecule has 0 spiro atoms. The highest BCUT2D eigenvalue weighted by Crippen LogP contribution is 2.18. The van der Waals surface area contributed by atoms with Crippen molar-refractivity contribution in [2.24, 2.45) is 0 Å². The van der Waals surface area contributed by atoms with E-state index in [0.29, 0.717) is 17.6 Å². The minimum absolute atomic E-state index is 0.000602. The van der Waals surface area contributed by atoms with Gasteiger partial charge in [0.2, 0.25) is 5.56 Å². The number of nitrogens with one attached hydrogen (secondary N) is 2. The molecule has 1 amide bonds. The van der Waals surface area contributed by atoms with E-state index in [2.05, 4.69) is 25.1 Å². The van der Waals surface area contributed by atoms with Gasteiger partial charge in [-0.3, -0.25) is 9.59 Å². The van der Waals surface area contributed by atoms with Crippen LogP contribution in [0.15, 0.2) is 35.1 Å². The zero-order valence-corrected chi connectivity index (χ0v) is 14.0. The van der Waals surface area contributed by atoms with Crippen molar-refractivity contribution in [3.8, 4) is 0 Å². The van der Waals surface area contributed by atoms with Crippen LogP contribution in [0.1, 0.15) is 35.4 Å². The number of H-pyrrole nitrogens is 1. The molecule has 4 rings (SSSR count). The minimum atomic E-state index is -0.276. The monoisotopic (exact) mass is 337 g/mol. The highest BCUT2D eigenvalue weighted by Gasteiger charge is 2.24. The molecule has 1 atom stereocenters. The van der Waals surface area contributed by atoms with E-state index >= 15 is 0 Å². The van der Waals surface area contributed by atoms with Crippen molar-refractivity contribution in [1.82, 2.24) is 25.1 Å². The Morgan fingerprint density at radius 1 is 1.36 bits per heavy atom. The topological polar surface area (TPSA) is 92.7 Å². The summed E-state index contributed by atoms with van der Waals surface area (Å²) in [4.78, 5) is 27.4. The molecule has 0 aliphatic carbocycles. The lowest BCUT2D eigenvalue weighted by Gasteiger charge is -2.25. The Balaban J connectivity index is 1.60. The normalized spacial score (nSPS) is 16.6. The average molecular weight is 337 g/mol. The number of nitrogens with zero attached hydrogens (tertiary/aromatic N) is 3. The van der Waals surface area contributed by atoms with Gasteiger partial charge in [0, 0.05) is 42.4 Å². The summed E-state index contributed by atoms with van der Waals surface area (Å²) in [5.41, 5.74) is 0.796. The lowest BCUT2D eigenvalue weighted by Crippen LogP contribution is -2.41. The van der Waals surface area contributed by atoms with Crippen LogP contribution in [-0.2, 0) is 19.4 Å². The summed E-state index contributed by atoms with van der Waals surface area (Å²) in [6.07, 6.45) is 2.41. The molecule has 2 N–H and O–H groups in total. The summed E-state index contributed by atoms with van der Waals surface area (Å²) < 4.78 is 2.09. The van der Waals surface area contributed by atoms with Gasteiger partial charge in [-0.05, 0) is 12.5 Å². The number of para-hydroxylation sites is 1. The molecule has 3 heterocycles. The summed E-state index contributed by atoms with van der Waals surface area (Å²) in [7, 11) is 0. The molecule has 1 aromatic carbocycles. The fraction of sp³-hybridized carbons (Fsp3) is 0.333. The van der Waals surface area contributed by atoms with E-state index < -0.39 is 0 Å². The smallest absolute Gasteiger partial charge is 0.252 e. The quantitative estimate of drug-likeness (QED) is 0.756. The average Bonchev–Trinajstić information content (AvgIpc) is 3.03. The fourth-order valence-corrected chi connectivity index (χ4v) is 3.42. The third-order valence-electron chi connectivity index (χ3n) is 4.67. The minimum Gasteiger partial charge on any atom is -0.347 e. The van der Waals surface area contributed by atoms with Crippen molar-refractivity contribution in [3.63, 3.8) is 0 Å². The van der Waals surface area contributed by atoms with Crippen molar-refractivity contribution >= 4 is 16.8 Å². The number of benzene rings is 1. The molecule has 0 bridgehead atoms. The van der Waals surface area contributed by atoms with E-state index in [1.54, 1.807) is 6.07 Å². The van der Waals surface area contributed by atoms with Crippen LogP contribution in [0.2, 0.25) is 0 Å². The number of aromatic nitrogens is 4. The van der Waals surface area contributed by atoms with Gasteiger partial charge in [-0.15, -0.1) is 10.2 Å². The summed E-state index contributed by atoms with van der Waals surface area (Å²) in [6, 6.07) is 8.69. The Kier molecular flexibility index (Phi) is 3.83. The summed E-state index contributed by atoms with van der Waals surface area (Å²) in [5.74, 6) is 1.70. The Morgan fingerprint density at radius 2 is 2.20 bits per heavy atom. The maximum absolute atomic E-state index is 12.8. The van der Waals surface area contributed by atoms with Crippen molar-refractivity contribution < 1.29 is 4.79 Å². The van der Waals surface area contributed by atoms with Crippen LogP contribution in [-0.4, -0.2) is 31.7 Å². The Labute approximate surface area is 144 Å². The van der Waals surface area contributed by atoms with Crippen LogP contribution in [0.5, 0.6) is 0 Å². The number of hydrogen-bond acceptors (Lipinski definition) is 4.